The summed E-state index contributed by atoms with van der Waals surface area (Å²) in [4.78, 5) is 17.4. The third-order valence-corrected chi connectivity index (χ3v) is 4.77. The van der Waals surface area contributed by atoms with E-state index in [4.69, 9.17) is 21.2 Å². The molecule has 0 unspecified atom stereocenters. The van der Waals surface area contributed by atoms with Crippen LogP contribution < -0.4 is 4.74 Å². The van der Waals surface area contributed by atoms with Gasteiger partial charge in [-0.25, -0.2) is 0 Å². The summed E-state index contributed by atoms with van der Waals surface area (Å²) >= 11 is 5.81. The van der Waals surface area contributed by atoms with Crippen molar-refractivity contribution in [2.75, 3.05) is 6.61 Å². The SMILES string of the molecule is CC(=NOCc1ccc(C(F)(F)F)cc1)c1ccc(OCC(=O)c2ccc(Cl)cc2)cc1. The molecule has 0 fully saturated rings. The molecule has 0 atom stereocenters. The van der Waals surface area contributed by atoms with Crippen molar-refractivity contribution in [3.8, 4) is 5.75 Å². The van der Waals surface area contributed by atoms with Crippen molar-refractivity contribution in [2.45, 2.75) is 19.7 Å². The number of ether oxygens (including phenoxy) is 1. The zero-order valence-corrected chi connectivity index (χ0v) is 17.8. The fourth-order valence-corrected chi connectivity index (χ4v) is 2.83. The van der Waals surface area contributed by atoms with Crippen molar-refractivity contribution in [1.29, 1.82) is 0 Å². The largest absolute Gasteiger partial charge is 0.485 e. The minimum Gasteiger partial charge on any atom is -0.485 e. The van der Waals surface area contributed by atoms with Crippen molar-refractivity contribution in [1.82, 2.24) is 0 Å². The Labute approximate surface area is 188 Å². The number of halogens is 4. The molecule has 0 bridgehead atoms. The van der Waals surface area contributed by atoms with E-state index in [1.165, 1.54) is 12.1 Å². The first-order valence-corrected chi connectivity index (χ1v) is 9.95. The van der Waals surface area contributed by atoms with Crippen molar-refractivity contribution in [3.05, 3.63) is 100 Å². The molecular formula is C24H19ClF3NO3. The third kappa shape index (κ3) is 6.59. The van der Waals surface area contributed by atoms with Gasteiger partial charge in [0.1, 0.15) is 12.4 Å². The van der Waals surface area contributed by atoms with Gasteiger partial charge in [0.05, 0.1) is 11.3 Å². The lowest BCUT2D eigenvalue weighted by molar-refractivity contribution is -0.137. The van der Waals surface area contributed by atoms with E-state index in [-0.39, 0.29) is 19.0 Å². The van der Waals surface area contributed by atoms with E-state index in [1.54, 1.807) is 55.5 Å². The highest BCUT2D eigenvalue weighted by atomic mass is 35.5. The maximum absolute atomic E-state index is 12.6. The lowest BCUT2D eigenvalue weighted by Crippen LogP contribution is -2.11. The smallest absolute Gasteiger partial charge is 0.416 e. The Kier molecular flexibility index (Phi) is 7.53. The standard InChI is InChI=1S/C24H19ClF3NO3/c1-16(29-32-14-17-2-8-20(9-3-17)24(26,27)28)18-6-12-22(13-7-18)31-15-23(30)19-4-10-21(25)11-5-19/h2-13H,14-15H2,1H3. The van der Waals surface area contributed by atoms with Crippen LogP contribution in [0.2, 0.25) is 5.02 Å². The van der Waals surface area contributed by atoms with Crippen LogP contribution in [0.25, 0.3) is 0 Å². The van der Waals surface area contributed by atoms with Gasteiger partial charge in [0, 0.05) is 10.6 Å². The molecule has 0 aliphatic carbocycles. The van der Waals surface area contributed by atoms with Gasteiger partial charge >= 0.3 is 6.18 Å². The average Bonchev–Trinajstić information content (AvgIpc) is 2.78. The second kappa shape index (κ2) is 10.3. The fraction of sp³-hybridized carbons (Fsp3) is 0.167. The summed E-state index contributed by atoms with van der Waals surface area (Å²) in [5.41, 5.74) is 1.73. The molecule has 0 aromatic heterocycles. The molecule has 0 radical (unpaired) electrons. The van der Waals surface area contributed by atoms with Crippen LogP contribution in [0.3, 0.4) is 0 Å². The van der Waals surface area contributed by atoms with Crippen molar-refractivity contribution < 1.29 is 27.5 Å². The van der Waals surface area contributed by atoms with Crippen LogP contribution in [0, 0.1) is 0 Å². The number of benzene rings is 3. The van der Waals surface area contributed by atoms with E-state index in [0.717, 1.165) is 17.7 Å². The summed E-state index contributed by atoms with van der Waals surface area (Å²) in [5, 5.41) is 4.55. The molecule has 0 N–H and O–H groups in total. The lowest BCUT2D eigenvalue weighted by Gasteiger charge is -2.08. The number of nitrogens with zero attached hydrogens (tertiary/aromatic N) is 1. The molecule has 0 saturated heterocycles. The predicted octanol–water partition coefficient (Wildman–Crippen LogP) is 6.56. The lowest BCUT2D eigenvalue weighted by atomic mass is 10.1. The van der Waals surface area contributed by atoms with Crippen LogP contribution in [0.1, 0.15) is 34.0 Å². The Balaban J connectivity index is 1.50. The summed E-state index contributed by atoms with van der Waals surface area (Å²) in [5.74, 6) is 0.356. The minimum absolute atomic E-state index is 0.0451. The van der Waals surface area contributed by atoms with Gasteiger partial charge in [0.25, 0.3) is 0 Å². The van der Waals surface area contributed by atoms with Gasteiger partial charge in [0.15, 0.2) is 12.4 Å². The molecule has 32 heavy (non-hydrogen) atoms. The van der Waals surface area contributed by atoms with E-state index >= 15 is 0 Å². The van der Waals surface area contributed by atoms with Gasteiger partial charge in [-0.15, -0.1) is 0 Å². The zero-order valence-electron chi connectivity index (χ0n) is 17.0. The normalized spacial score (nSPS) is 11.8. The first-order chi connectivity index (χ1) is 15.2. The van der Waals surface area contributed by atoms with Gasteiger partial charge in [-0.1, -0.05) is 28.9 Å². The zero-order chi connectivity index (χ0) is 23.1. The molecule has 0 spiro atoms. The number of ketones is 1. The van der Waals surface area contributed by atoms with Gasteiger partial charge in [0.2, 0.25) is 0 Å². The van der Waals surface area contributed by atoms with Gasteiger partial charge in [-0.05, 0) is 78.7 Å². The molecule has 0 heterocycles. The monoisotopic (exact) mass is 461 g/mol. The van der Waals surface area contributed by atoms with E-state index in [2.05, 4.69) is 5.16 Å². The van der Waals surface area contributed by atoms with E-state index < -0.39 is 11.7 Å². The van der Waals surface area contributed by atoms with Crippen LogP contribution in [0.4, 0.5) is 13.2 Å². The van der Waals surface area contributed by atoms with E-state index in [1.807, 2.05) is 0 Å². The molecule has 0 aliphatic heterocycles. The van der Waals surface area contributed by atoms with Gasteiger partial charge in [-0.2, -0.15) is 13.2 Å². The van der Waals surface area contributed by atoms with Gasteiger partial charge in [-0.3, -0.25) is 4.79 Å². The Hall–Kier alpha value is -3.32. The Morgan fingerprint density at radius 2 is 1.50 bits per heavy atom. The van der Waals surface area contributed by atoms with Crippen LogP contribution in [0.15, 0.2) is 78.0 Å². The summed E-state index contributed by atoms with van der Waals surface area (Å²) in [6.45, 7) is 1.68. The molecule has 0 aliphatic rings. The highest BCUT2D eigenvalue weighted by molar-refractivity contribution is 6.30. The highest BCUT2D eigenvalue weighted by Crippen LogP contribution is 2.29. The second-order valence-corrected chi connectivity index (χ2v) is 7.32. The van der Waals surface area contributed by atoms with Crippen molar-refractivity contribution >= 4 is 23.1 Å². The number of carbonyl (C=O) groups is 1. The summed E-state index contributed by atoms with van der Waals surface area (Å²) in [6.07, 6.45) is -4.37. The summed E-state index contributed by atoms with van der Waals surface area (Å²) in [7, 11) is 0. The molecule has 3 aromatic carbocycles. The highest BCUT2D eigenvalue weighted by Gasteiger charge is 2.29. The quantitative estimate of drug-likeness (QED) is 0.217. The predicted molar refractivity (Wildman–Crippen MR) is 116 cm³/mol. The van der Waals surface area contributed by atoms with Crippen LogP contribution in [-0.4, -0.2) is 18.1 Å². The molecule has 8 heteroatoms. The van der Waals surface area contributed by atoms with Crippen molar-refractivity contribution in [2.24, 2.45) is 5.16 Å². The number of alkyl halides is 3. The summed E-state index contributed by atoms with van der Waals surface area (Å²) in [6, 6.07) is 18.2. The van der Waals surface area contributed by atoms with Crippen LogP contribution in [0.5, 0.6) is 5.75 Å². The molecule has 166 valence electrons. The Morgan fingerprint density at radius 1 is 0.906 bits per heavy atom. The fourth-order valence-electron chi connectivity index (χ4n) is 2.71. The summed E-state index contributed by atoms with van der Waals surface area (Å²) < 4.78 is 43.3. The van der Waals surface area contributed by atoms with Crippen LogP contribution in [-0.2, 0) is 17.6 Å². The third-order valence-electron chi connectivity index (χ3n) is 4.52. The molecule has 3 aromatic rings. The van der Waals surface area contributed by atoms with E-state index in [0.29, 0.717) is 27.6 Å². The molecule has 0 saturated carbocycles. The van der Waals surface area contributed by atoms with E-state index in [9.17, 15) is 18.0 Å². The van der Waals surface area contributed by atoms with Crippen molar-refractivity contribution in [3.63, 3.8) is 0 Å². The molecule has 4 nitrogen and oxygen atoms in total. The van der Waals surface area contributed by atoms with Crippen LogP contribution >= 0.6 is 11.6 Å². The first-order valence-electron chi connectivity index (χ1n) is 9.57. The number of Topliss-reactive ketones (excluding diaryl/α,β-unsaturated/α-hetero) is 1. The number of hydrogen-bond donors (Lipinski definition) is 0. The van der Waals surface area contributed by atoms with Gasteiger partial charge < -0.3 is 9.57 Å². The average molecular weight is 462 g/mol. The Bertz CT molecular complexity index is 1080. The molecular weight excluding hydrogens is 443 g/mol. The number of oxime groups is 1. The molecule has 3 rings (SSSR count). The topological polar surface area (TPSA) is 47.9 Å². The molecule has 0 amide bonds. The first kappa shape index (κ1) is 23.3. The minimum atomic E-state index is -4.37. The maximum atomic E-state index is 12.6. The number of hydrogen-bond acceptors (Lipinski definition) is 4. The Morgan fingerprint density at radius 3 is 2.09 bits per heavy atom. The number of rotatable bonds is 8. The number of carbonyl (C=O) groups excluding carboxylic acids is 1. The second-order valence-electron chi connectivity index (χ2n) is 6.89. The maximum Gasteiger partial charge on any atom is 0.416 e.